The Morgan fingerprint density at radius 1 is 1.14 bits per heavy atom. The zero-order valence-corrected chi connectivity index (χ0v) is 14.1. The van der Waals surface area contributed by atoms with Crippen molar-refractivity contribution < 1.29 is 4.79 Å². The van der Waals surface area contributed by atoms with Crippen molar-refractivity contribution in [3.05, 3.63) is 63.6 Å². The second kappa shape index (κ2) is 7.58. The summed E-state index contributed by atoms with van der Waals surface area (Å²) in [7, 11) is 0. The molecule has 22 heavy (non-hydrogen) atoms. The van der Waals surface area contributed by atoms with Crippen molar-refractivity contribution in [2.75, 3.05) is 5.32 Å². The first kappa shape index (κ1) is 16.7. The molecular formula is C16H14Cl2N2OS. The van der Waals surface area contributed by atoms with Crippen molar-refractivity contribution in [2.45, 2.75) is 13.3 Å². The molecule has 0 unspecified atom stereocenters. The lowest BCUT2D eigenvalue weighted by molar-refractivity contribution is -0.119. The highest BCUT2D eigenvalue weighted by molar-refractivity contribution is 7.80. The molecule has 0 aliphatic carbocycles. The molecule has 0 spiro atoms. The molecule has 2 rings (SSSR count). The SMILES string of the molecule is Cc1ccc(NC(=S)NC(=O)Cc2ccc(Cl)cc2)cc1Cl. The fraction of sp³-hybridized carbons (Fsp3) is 0.125. The normalized spacial score (nSPS) is 10.1. The van der Waals surface area contributed by atoms with Gasteiger partial charge in [-0.3, -0.25) is 4.79 Å². The first-order valence-electron chi connectivity index (χ1n) is 6.55. The Kier molecular flexibility index (Phi) is 5.77. The number of hydrogen-bond donors (Lipinski definition) is 2. The number of nitrogens with one attached hydrogen (secondary N) is 2. The maximum absolute atomic E-state index is 11.9. The van der Waals surface area contributed by atoms with Crippen LogP contribution in [0.2, 0.25) is 10.0 Å². The molecule has 0 saturated heterocycles. The molecule has 6 heteroatoms. The summed E-state index contributed by atoms with van der Waals surface area (Å²) in [4.78, 5) is 11.9. The van der Waals surface area contributed by atoms with Gasteiger partial charge in [-0.15, -0.1) is 0 Å². The van der Waals surface area contributed by atoms with E-state index in [2.05, 4.69) is 10.6 Å². The number of carbonyl (C=O) groups is 1. The van der Waals surface area contributed by atoms with E-state index in [0.29, 0.717) is 10.0 Å². The third-order valence-electron chi connectivity index (χ3n) is 2.96. The first-order chi connectivity index (χ1) is 10.4. The molecule has 2 N–H and O–H groups in total. The Bertz CT molecular complexity index is 702. The summed E-state index contributed by atoms with van der Waals surface area (Å²) in [6.07, 6.45) is 0.230. The van der Waals surface area contributed by atoms with Crippen LogP contribution in [0.3, 0.4) is 0 Å². The fourth-order valence-electron chi connectivity index (χ4n) is 1.79. The molecule has 1 amide bonds. The quantitative estimate of drug-likeness (QED) is 0.806. The van der Waals surface area contributed by atoms with E-state index in [1.54, 1.807) is 30.3 Å². The molecule has 0 bridgehead atoms. The second-order valence-corrected chi connectivity index (χ2v) is 6.02. The molecule has 0 heterocycles. The minimum absolute atomic E-state index is 0.196. The summed E-state index contributed by atoms with van der Waals surface area (Å²) >= 11 is 17.0. The Hall–Kier alpha value is -1.62. The van der Waals surface area contributed by atoms with Crippen LogP contribution in [0.25, 0.3) is 0 Å². The summed E-state index contributed by atoms with van der Waals surface area (Å²) in [5.41, 5.74) is 2.57. The van der Waals surface area contributed by atoms with Gasteiger partial charge in [0, 0.05) is 15.7 Å². The molecule has 0 aliphatic heterocycles. The van der Waals surface area contributed by atoms with Gasteiger partial charge < -0.3 is 10.6 Å². The number of anilines is 1. The molecule has 0 fully saturated rings. The van der Waals surface area contributed by atoms with Crippen molar-refractivity contribution >= 4 is 52.1 Å². The topological polar surface area (TPSA) is 41.1 Å². The third kappa shape index (κ3) is 4.98. The zero-order chi connectivity index (χ0) is 16.1. The van der Waals surface area contributed by atoms with Crippen LogP contribution in [-0.4, -0.2) is 11.0 Å². The molecular weight excluding hydrogens is 339 g/mol. The maximum Gasteiger partial charge on any atom is 0.230 e. The highest BCUT2D eigenvalue weighted by Crippen LogP contribution is 2.19. The molecule has 0 radical (unpaired) electrons. The van der Waals surface area contributed by atoms with Gasteiger partial charge in [-0.25, -0.2) is 0 Å². The van der Waals surface area contributed by atoms with Gasteiger partial charge in [-0.2, -0.15) is 0 Å². The van der Waals surface area contributed by atoms with Crippen LogP contribution in [0.1, 0.15) is 11.1 Å². The lowest BCUT2D eigenvalue weighted by atomic mass is 10.1. The van der Waals surface area contributed by atoms with E-state index < -0.39 is 0 Å². The average Bonchev–Trinajstić information content (AvgIpc) is 2.45. The van der Waals surface area contributed by atoms with E-state index in [1.807, 2.05) is 19.1 Å². The minimum atomic E-state index is -0.196. The molecule has 0 atom stereocenters. The number of thiocarbonyl (C=S) groups is 1. The highest BCUT2D eigenvalue weighted by atomic mass is 35.5. The minimum Gasteiger partial charge on any atom is -0.332 e. The third-order valence-corrected chi connectivity index (χ3v) is 3.82. The molecule has 0 saturated carbocycles. The van der Waals surface area contributed by atoms with Crippen LogP contribution < -0.4 is 10.6 Å². The van der Waals surface area contributed by atoms with Crippen molar-refractivity contribution in [1.29, 1.82) is 0 Å². The molecule has 3 nitrogen and oxygen atoms in total. The number of benzene rings is 2. The zero-order valence-electron chi connectivity index (χ0n) is 11.8. The van der Waals surface area contributed by atoms with E-state index in [9.17, 15) is 4.79 Å². The van der Waals surface area contributed by atoms with Gasteiger partial charge in [-0.1, -0.05) is 41.4 Å². The number of aryl methyl sites for hydroxylation is 1. The van der Waals surface area contributed by atoms with E-state index in [0.717, 1.165) is 16.8 Å². The Balaban J connectivity index is 1.89. The van der Waals surface area contributed by atoms with Gasteiger partial charge in [0.2, 0.25) is 5.91 Å². The summed E-state index contributed by atoms with van der Waals surface area (Å²) in [5.74, 6) is -0.196. The molecule has 0 aliphatic rings. The van der Waals surface area contributed by atoms with E-state index in [4.69, 9.17) is 35.4 Å². The number of rotatable bonds is 3. The predicted molar refractivity (Wildman–Crippen MR) is 95.7 cm³/mol. The largest absolute Gasteiger partial charge is 0.332 e. The van der Waals surface area contributed by atoms with E-state index in [-0.39, 0.29) is 17.4 Å². The van der Waals surface area contributed by atoms with Gasteiger partial charge in [-0.05, 0) is 54.5 Å². The summed E-state index contributed by atoms with van der Waals surface area (Å²) < 4.78 is 0. The van der Waals surface area contributed by atoms with Crippen LogP contribution >= 0.6 is 35.4 Å². The molecule has 2 aromatic carbocycles. The predicted octanol–water partition coefficient (Wildman–Crippen LogP) is 4.36. The Morgan fingerprint density at radius 2 is 1.82 bits per heavy atom. The lowest BCUT2D eigenvalue weighted by Gasteiger charge is -2.10. The van der Waals surface area contributed by atoms with Crippen LogP contribution in [-0.2, 0) is 11.2 Å². The fourth-order valence-corrected chi connectivity index (χ4v) is 2.33. The Morgan fingerprint density at radius 3 is 2.45 bits per heavy atom. The number of amides is 1. The van der Waals surface area contributed by atoms with Gasteiger partial charge in [0.05, 0.1) is 6.42 Å². The van der Waals surface area contributed by atoms with Crippen LogP contribution in [0.5, 0.6) is 0 Å². The van der Waals surface area contributed by atoms with E-state index >= 15 is 0 Å². The maximum atomic E-state index is 11.9. The van der Waals surface area contributed by atoms with Gasteiger partial charge in [0.25, 0.3) is 0 Å². The standard InChI is InChI=1S/C16H14Cl2N2OS/c1-10-2-7-13(9-14(10)18)19-16(22)20-15(21)8-11-3-5-12(17)6-4-11/h2-7,9H,8H2,1H3,(H2,19,20,21,22). The van der Waals surface area contributed by atoms with Gasteiger partial charge in [0.1, 0.15) is 0 Å². The second-order valence-electron chi connectivity index (χ2n) is 4.77. The first-order valence-corrected chi connectivity index (χ1v) is 7.72. The molecule has 2 aromatic rings. The summed E-state index contributed by atoms with van der Waals surface area (Å²) in [6.45, 7) is 1.92. The lowest BCUT2D eigenvalue weighted by Crippen LogP contribution is -2.35. The van der Waals surface area contributed by atoms with Crippen molar-refractivity contribution in [1.82, 2.24) is 5.32 Å². The average molecular weight is 353 g/mol. The van der Waals surface area contributed by atoms with Crippen molar-refractivity contribution in [3.63, 3.8) is 0 Å². The van der Waals surface area contributed by atoms with Gasteiger partial charge in [0.15, 0.2) is 5.11 Å². The monoisotopic (exact) mass is 352 g/mol. The Labute approximate surface area is 144 Å². The van der Waals surface area contributed by atoms with Crippen LogP contribution in [0.15, 0.2) is 42.5 Å². The van der Waals surface area contributed by atoms with Crippen molar-refractivity contribution in [3.8, 4) is 0 Å². The van der Waals surface area contributed by atoms with Crippen LogP contribution in [0.4, 0.5) is 5.69 Å². The molecule has 114 valence electrons. The number of carbonyl (C=O) groups excluding carboxylic acids is 1. The van der Waals surface area contributed by atoms with Crippen LogP contribution in [0, 0.1) is 6.92 Å². The molecule has 0 aromatic heterocycles. The summed E-state index contributed by atoms with van der Waals surface area (Å²) in [5, 5.41) is 7.07. The smallest absolute Gasteiger partial charge is 0.230 e. The number of hydrogen-bond acceptors (Lipinski definition) is 2. The number of halogens is 2. The van der Waals surface area contributed by atoms with Crippen molar-refractivity contribution in [2.24, 2.45) is 0 Å². The van der Waals surface area contributed by atoms with E-state index in [1.165, 1.54) is 0 Å². The summed E-state index contributed by atoms with van der Waals surface area (Å²) in [6, 6.07) is 12.6. The highest BCUT2D eigenvalue weighted by Gasteiger charge is 2.07. The van der Waals surface area contributed by atoms with Gasteiger partial charge >= 0.3 is 0 Å².